The van der Waals surface area contributed by atoms with Crippen molar-refractivity contribution < 1.29 is 14.3 Å². The summed E-state index contributed by atoms with van der Waals surface area (Å²) in [5.41, 5.74) is 0.145. The highest BCUT2D eigenvalue weighted by atomic mass is 16.6. The normalized spacial score (nSPS) is 11.0. The molecule has 0 saturated heterocycles. The smallest absolute Gasteiger partial charge is 0.412 e. The predicted octanol–water partition coefficient (Wildman–Crippen LogP) is 3.41. The second-order valence-corrected chi connectivity index (χ2v) is 5.75. The number of amides is 1. The molecule has 0 heterocycles. The summed E-state index contributed by atoms with van der Waals surface area (Å²) in [4.78, 5) is 11.7. The first-order valence-electron chi connectivity index (χ1n) is 7.34. The molecule has 0 aliphatic rings. The molecule has 1 amide bonds. The van der Waals surface area contributed by atoms with E-state index >= 15 is 0 Å². The molecule has 0 aliphatic carbocycles. The fourth-order valence-corrected chi connectivity index (χ4v) is 1.63. The van der Waals surface area contributed by atoms with Crippen LogP contribution in [0.3, 0.4) is 0 Å². The van der Waals surface area contributed by atoms with Gasteiger partial charge in [0.25, 0.3) is 0 Å². The molecule has 2 N–H and O–H groups in total. The number of carbonyl (C=O) groups is 1. The monoisotopic (exact) mass is 294 g/mol. The molecule has 0 spiro atoms. The fourth-order valence-electron chi connectivity index (χ4n) is 1.63. The van der Waals surface area contributed by atoms with Gasteiger partial charge in [-0.3, -0.25) is 5.32 Å². The number of rotatable bonds is 7. The molecular weight excluding hydrogens is 268 g/mol. The van der Waals surface area contributed by atoms with Crippen molar-refractivity contribution in [1.82, 2.24) is 5.32 Å². The van der Waals surface area contributed by atoms with E-state index in [1.165, 1.54) is 0 Å². The number of benzene rings is 1. The van der Waals surface area contributed by atoms with Gasteiger partial charge in [0.2, 0.25) is 0 Å². The molecule has 0 bridgehead atoms. The van der Waals surface area contributed by atoms with Gasteiger partial charge in [-0.1, -0.05) is 13.0 Å². The zero-order chi connectivity index (χ0) is 15.7. The van der Waals surface area contributed by atoms with E-state index in [0.29, 0.717) is 12.3 Å². The van der Waals surface area contributed by atoms with Crippen molar-refractivity contribution in [3.05, 3.63) is 24.3 Å². The first-order chi connectivity index (χ1) is 9.90. The predicted molar refractivity (Wildman–Crippen MR) is 85.0 cm³/mol. The summed E-state index contributed by atoms with van der Waals surface area (Å²) >= 11 is 0. The van der Waals surface area contributed by atoms with Crippen molar-refractivity contribution in [2.45, 2.75) is 39.7 Å². The van der Waals surface area contributed by atoms with E-state index in [9.17, 15) is 4.79 Å². The van der Waals surface area contributed by atoms with Crippen LogP contribution in [0.5, 0.6) is 5.75 Å². The number of carbonyl (C=O) groups excluding carboxylic acids is 1. The van der Waals surface area contributed by atoms with Crippen LogP contribution in [0, 0.1) is 0 Å². The number of hydrogen-bond acceptors (Lipinski definition) is 4. The fraction of sp³-hybridized carbons (Fsp3) is 0.562. The summed E-state index contributed by atoms with van der Waals surface area (Å²) in [5, 5.41) is 5.96. The summed E-state index contributed by atoms with van der Waals surface area (Å²) in [5.74, 6) is 0.724. The maximum absolute atomic E-state index is 11.7. The molecule has 21 heavy (non-hydrogen) atoms. The van der Waals surface area contributed by atoms with Gasteiger partial charge in [-0.15, -0.1) is 0 Å². The Morgan fingerprint density at radius 2 is 2.00 bits per heavy atom. The summed E-state index contributed by atoms with van der Waals surface area (Å²) in [6, 6.07) is 7.28. The van der Waals surface area contributed by atoms with Gasteiger partial charge >= 0.3 is 6.09 Å². The van der Waals surface area contributed by atoms with E-state index in [4.69, 9.17) is 9.47 Å². The van der Waals surface area contributed by atoms with E-state index in [1.807, 2.05) is 32.9 Å². The van der Waals surface area contributed by atoms with Crippen molar-refractivity contribution in [3.8, 4) is 5.75 Å². The van der Waals surface area contributed by atoms with Gasteiger partial charge in [-0.05, 0) is 45.9 Å². The van der Waals surface area contributed by atoms with Gasteiger partial charge in [-0.25, -0.2) is 4.79 Å². The molecule has 0 unspecified atom stereocenters. The highest BCUT2D eigenvalue weighted by molar-refractivity contribution is 5.85. The average Bonchev–Trinajstić information content (AvgIpc) is 2.36. The molecule has 5 heteroatoms. The van der Waals surface area contributed by atoms with E-state index in [1.54, 1.807) is 12.1 Å². The third kappa shape index (κ3) is 8.19. The Morgan fingerprint density at radius 3 is 2.67 bits per heavy atom. The summed E-state index contributed by atoms with van der Waals surface area (Å²) in [7, 11) is 0. The van der Waals surface area contributed by atoms with Gasteiger partial charge in [0, 0.05) is 18.3 Å². The van der Waals surface area contributed by atoms with Crippen LogP contribution in [0.4, 0.5) is 10.5 Å². The minimum atomic E-state index is -0.511. The van der Waals surface area contributed by atoms with Crippen LogP contribution >= 0.6 is 0 Å². The van der Waals surface area contributed by atoms with Crippen LogP contribution in [0.2, 0.25) is 0 Å². The molecule has 0 fully saturated rings. The van der Waals surface area contributed by atoms with Gasteiger partial charge in [0.15, 0.2) is 0 Å². The number of hydrogen-bond donors (Lipinski definition) is 2. The lowest BCUT2D eigenvalue weighted by atomic mass is 10.2. The number of anilines is 1. The first kappa shape index (κ1) is 17.3. The van der Waals surface area contributed by atoms with E-state index < -0.39 is 11.7 Å². The molecule has 0 atom stereocenters. The molecule has 1 aromatic carbocycles. The van der Waals surface area contributed by atoms with Crippen molar-refractivity contribution in [2.24, 2.45) is 0 Å². The maximum atomic E-state index is 11.7. The van der Waals surface area contributed by atoms with Crippen LogP contribution in [-0.4, -0.2) is 31.4 Å². The van der Waals surface area contributed by atoms with Crippen LogP contribution in [0.15, 0.2) is 24.3 Å². The number of ether oxygens (including phenoxy) is 2. The Bertz CT molecular complexity index is 441. The zero-order valence-electron chi connectivity index (χ0n) is 13.4. The summed E-state index contributed by atoms with van der Waals surface area (Å²) in [6.45, 7) is 10.00. The third-order valence-corrected chi connectivity index (χ3v) is 2.45. The second-order valence-electron chi connectivity index (χ2n) is 5.75. The lowest BCUT2D eigenvalue weighted by Gasteiger charge is -2.19. The van der Waals surface area contributed by atoms with Crippen molar-refractivity contribution in [1.29, 1.82) is 0 Å². The van der Waals surface area contributed by atoms with Crippen molar-refractivity contribution in [2.75, 3.05) is 25.0 Å². The van der Waals surface area contributed by atoms with Gasteiger partial charge in [0.1, 0.15) is 18.0 Å². The quantitative estimate of drug-likeness (QED) is 0.757. The molecule has 0 aromatic heterocycles. The lowest BCUT2D eigenvalue weighted by Crippen LogP contribution is -2.27. The molecule has 5 nitrogen and oxygen atoms in total. The maximum Gasteiger partial charge on any atom is 0.412 e. The Hall–Kier alpha value is -1.75. The van der Waals surface area contributed by atoms with Crippen LogP contribution in [0.25, 0.3) is 0 Å². The SMILES string of the molecule is CCCNCCOc1cccc(NC(=O)OC(C)(C)C)c1. The largest absolute Gasteiger partial charge is 0.492 e. The standard InChI is InChI=1S/C16H26N2O3/c1-5-9-17-10-11-20-14-8-6-7-13(12-14)18-15(19)21-16(2,3)4/h6-8,12,17H,5,9-11H2,1-4H3,(H,18,19). The van der Waals surface area contributed by atoms with Crippen LogP contribution in [-0.2, 0) is 4.74 Å². The molecule has 0 radical (unpaired) electrons. The zero-order valence-corrected chi connectivity index (χ0v) is 13.4. The Morgan fingerprint density at radius 1 is 1.24 bits per heavy atom. The average molecular weight is 294 g/mol. The van der Waals surface area contributed by atoms with Crippen LogP contribution in [0.1, 0.15) is 34.1 Å². The minimum Gasteiger partial charge on any atom is -0.492 e. The van der Waals surface area contributed by atoms with Gasteiger partial charge in [-0.2, -0.15) is 0 Å². The van der Waals surface area contributed by atoms with E-state index in [-0.39, 0.29) is 0 Å². The highest BCUT2D eigenvalue weighted by Crippen LogP contribution is 2.18. The summed E-state index contributed by atoms with van der Waals surface area (Å²) in [6.07, 6.45) is 0.638. The van der Waals surface area contributed by atoms with E-state index in [0.717, 1.165) is 25.3 Å². The van der Waals surface area contributed by atoms with Crippen molar-refractivity contribution in [3.63, 3.8) is 0 Å². The lowest BCUT2D eigenvalue weighted by molar-refractivity contribution is 0.0636. The Balaban J connectivity index is 2.43. The summed E-state index contributed by atoms with van der Waals surface area (Å²) < 4.78 is 10.8. The van der Waals surface area contributed by atoms with Crippen LogP contribution < -0.4 is 15.4 Å². The van der Waals surface area contributed by atoms with Gasteiger partial charge in [0.05, 0.1) is 0 Å². The molecule has 0 saturated carbocycles. The highest BCUT2D eigenvalue weighted by Gasteiger charge is 2.16. The Kier molecular flexibility index (Phi) is 7.02. The van der Waals surface area contributed by atoms with Gasteiger partial charge < -0.3 is 14.8 Å². The molecule has 118 valence electrons. The Labute approximate surface area is 127 Å². The second kappa shape index (κ2) is 8.52. The van der Waals surface area contributed by atoms with Crippen molar-refractivity contribution >= 4 is 11.8 Å². The molecule has 0 aliphatic heterocycles. The minimum absolute atomic E-state index is 0.468. The number of nitrogens with one attached hydrogen (secondary N) is 2. The first-order valence-corrected chi connectivity index (χ1v) is 7.34. The molecule has 1 rings (SSSR count). The molecule has 1 aromatic rings. The molecular formula is C16H26N2O3. The topological polar surface area (TPSA) is 59.6 Å². The van der Waals surface area contributed by atoms with E-state index in [2.05, 4.69) is 17.6 Å². The third-order valence-electron chi connectivity index (χ3n) is 2.45.